The first-order valence-corrected chi connectivity index (χ1v) is 10.3. The van der Waals surface area contributed by atoms with E-state index in [0.29, 0.717) is 19.5 Å². The van der Waals surface area contributed by atoms with E-state index < -0.39 is 0 Å². The van der Waals surface area contributed by atoms with E-state index in [4.69, 9.17) is 16.3 Å². The van der Waals surface area contributed by atoms with Crippen LogP contribution in [0.2, 0.25) is 5.02 Å². The molecule has 2 aromatic rings. The largest absolute Gasteiger partial charge is 0.503 e. The number of amides is 2. The summed E-state index contributed by atoms with van der Waals surface area (Å²) in [5.41, 5.74) is 1.40. The van der Waals surface area contributed by atoms with E-state index in [9.17, 15) is 14.7 Å². The highest BCUT2D eigenvalue weighted by Gasteiger charge is 2.35. The molecule has 1 heterocycles. The van der Waals surface area contributed by atoms with Crippen molar-refractivity contribution in [3.05, 3.63) is 60.3 Å². The van der Waals surface area contributed by atoms with Gasteiger partial charge in [0.15, 0.2) is 11.5 Å². The molecule has 9 heteroatoms. The van der Waals surface area contributed by atoms with Gasteiger partial charge < -0.3 is 9.84 Å². The third-order valence-corrected chi connectivity index (χ3v) is 7.13. The van der Waals surface area contributed by atoms with Gasteiger partial charge in [-0.3, -0.25) is 14.5 Å². The summed E-state index contributed by atoms with van der Waals surface area (Å²) >= 11 is 13.4. The van der Waals surface area contributed by atoms with E-state index in [-0.39, 0.29) is 34.1 Å². The first-order valence-electron chi connectivity index (χ1n) is 7.56. The molecule has 0 spiro atoms. The van der Waals surface area contributed by atoms with Crippen molar-refractivity contribution in [2.75, 3.05) is 7.11 Å². The molecular weight excluding hydrogens is 522 g/mol. The Morgan fingerprint density at radius 3 is 2.52 bits per heavy atom. The van der Waals surface area contributed by atoms with Crippen LogP contribution < -0.4 is 4.74 Å². The molecule has 1 N–H and O–H groups in total. The predicted octanol–water partition coefficient (Wildman–Crippen LogP) is 5.82. The van der Waals surface area contributed by atoms with Crippen LogP contribution in [0.3, 0.4) is 0 Å². The number of phenols is 1. The number of thioether (sulfide) groups is 1. The fourth-order valence-corrected chi connectivity index (χ4v) is 4.22. The van der Waals surface area contributed by atoms with Crippen molar-refractivity contribution < 1.29 is 19.4 Å². The minimum atomic E-state index is -0.380. The lowest BCUT2D eigenvalue weighted by Crippen LogP contribution is -2.27. The molecule has 27 heavy (non-hydrogen) atoms. The normalized spacial score (nSPS) is 15.7. The van der Waals surface area contributed by atoms with Gasteiger partial charge in [-0.15, -0.1) is 0 Å². The summed E-state index contributed by atoms with van der Waals surface area (Å²) in [4.78, 5) is 26.5. The van der Waals surface area contributed by atoms with Crippen molar-refractivity contribution in [1.82, 2.24) is 4.90 Å². The number of hydrogen-bond acceptors (Lipinski definition) is 5. The molecule has 0 saturated carbocycles. The highest BCUT2D eigenvalue weighted by molar-refractivity contribution is 9.13. The van der Waals surface area contributed by atoms with Gasteiger partial charge in [0.05, 0.1) is 23.0 Å². The summed E-state index contributed by atoms with van der Waals surface area (Å²) in [6, 6.07) is 8.55. The molecule has 1 fully saturated rings. The van der Waals surface area contributed by atoms with E-state index in [1.807, 2.05) is 0 Å². The van der Waals surface area contributed by atoms with Gasteiger partial charge in [0.2, 0.25) is 0 Å². The molecule has 0 aliphatic carbocycles. The van der Waals surface area contributed by atoms with Crippen molar-refractivity contribution in [2.24, 2.45) is 0 Å². The molecule has 0 radical (unpaired) electrons. The number of methoxy groups -OCH3 is 1. The predicted molar refractivity (Wildman–Crippen MR) is 113 cm³/mol. The number of ether oxygens (including phenoxy) is 1. The Morgan fingerprint density at radius 1 is 1.22 bits per heavy atom. The Morgan fingerprint density at radius 2 is 1.89 bits per heavy atom. The number of imide groups is 1. The average molecular weight is 534 g/mol. The zero-order valence-corrected chi connectivity index (χ0v) is 18.6. The monoisotopic (exact) mass is 531 g/mol. The van der Waals surface area contributed by atoms with Crippen LogP contribution in [0.15, 0.2) is 44.2 Å². The summed E-state index contributed by atoms with van der Waals surface area (Å²) in [6.45, 7) is 0.170. The molecular formula is C18H12Br2ClNO4S. The topological polar surface area (TPSA) is 66.8 Å². The minimum absolute atomic E-state index is 0.0580. The van der Waals surface area contributed by atoms with Crippen molar-refractivity contribution in [1.29, 1.82) is 0 Å². The summed E-state index contributed by atoms with van der Waals surface area (Å²) in [6.07, 6.45) is 1.59. The Kier molecular flexibility index (Phi) is 6.20. The third-order valence-electron chi connectivity index (χ3n) is 3.81. The molecule has 140 valence electrons. The highest BCUT2D eigenvalue weighted by Crippen LogP contribution is 2.43. The molecule has 0 unspecified atom stereocenters. The van der Waals surface area contributed by atoms with Gasteiger partial charge in [-0.05, 0) is 79.0 Å². The third kappa shape index (κ3) is 4.18. The Bertz CT molecular complexity index is 963. The van der Waals surface area contributed by atoms with Gasteiger partial charge >= 0.3 is 0 Å². The molecule has 2 aromatic carbocycles. The number of halogens is 3. The molecule has 1 aliphatic heterocycles. The number of benzene rings is 2. The lowest BCUT2D eigenvalue weighted by molar-refractivity contribution is -0.123. The second kappa shape index (κ2) is 8.26. The Hall–Kier alpha value is -1.48. The maximum Gasteiger partial charge on any atom is 0.293 e. The highest BCUT2D eigenvalue weighted by atomic mass is 79.9. The summed E-state index contributed by atoms with van der Waals surface area (Å²) in [5.74, 6) is -0.191. The summed E-state index contributed by atoms with van der Waals surface area (Å²) in [7, 11) is 1.43. The van der Waals surface area contributed by atoms with E-state index >= 15 is 0 Å². The molecule has 3 rings (SSSR count). The molecule has 0 atom stereocenters. The van der Waals surface area contributed by atoms with Crippen LogP contribution in [0.25, 0.3) is 6.08 Å². The lowest BCUT2D eigenvalue weighted by Gasteiger charge is -2.12. The van der Waals surface area contributed by atoms with E-state index in [1.54, 1.807) is 36.4 Å². The minimum Gasteiger partial charge on any atom is -0.503 e. The number of phenolic OH excluding ortho intramolecular Hbond substituents is 1. The van der Waals surface area contributed by atoms with Gasteiger partial charge in [0.25, 0.3) is 11.1 Å². The van der Waals surface area contributed by atoms with Gasteiger partial charge in [-0.25, -0.2) is 0 Å². The van der Waals surface area contributed by atoms with E-state index in [1.165, 1.54) is 12.0 Å². The zero-order chi connectivity index (χ0) is 19.7. The smallest absolute Gasteiger partial charge is 0.293 e. The lowest BCUT2D eigenvalue weighted by atomic mass is 10.1. The number of rotatable bonds is 4. The van der Waals surface area contributed by atoms with Crippen LogP contribution in [0.4, 0.5) is 4.79 Å². The summed E-state index contributed by atoms with van der Waals surface area (Å²) < 4.78 is 6.08. The molecule has 1 aliphatic rings. The number of nitrogens with zero attached hydrogens (tertiary/aromatic N) is 1. The second-order valence-corrected chi connectivity index (χ2v) is 8.55. The van der Waals surface area contributed by atoms with Crippen LogP contribution in [0.1, 0.15) is 11.1 Å². The van der Waals surface area contributed by atoms with Gasteiger partial charge in [-0.1, -0.05) is 23.7 Å². The van der Waals surface area contributed by atoms with Crippen molar-refractivity contribution >= 4 is 72.4 Å². The SMILES string of the molecule is COc1cc(/C=C2/SC(=O)N(Cc3ccc(Cl)cc3)C2=O)c(Br)c(Br)c1O. The number of carbonyl (C=O) groups is 2. The van der Waals surface area contributed by atoms with Crippen LogP contribution in [-0.2, 0) is 11.3 Å². The Balaban J connectivity index is 1.90. The molecule has 0 bridgehead atoms. The zero-order valence-electron chi connectivity index (χ0n) is 13.8. The first-order chi connectivity index (χ1) is 12.8. The summed E-state index contributed by atoms with van der Waals surface area (Å²) in [5, 5.41) is 10.3. The van der Waals surface area contributed by atoms with Gasteiger partial charge in [-0.2, -0.15) is 0 Å². The molecule has 2 amide bonds. The van der Waals surface area contributed by atoms with Gasteiger partial charge in [0, 0.05) is 9.50 Å². The van der Waals surface area contributed by atoms with Crippen molar-refractivity contribution in [2.45, 2.75) is 6.54 Å². The second-order valence-electron chi connectivity index (χ2n) is 5.54. The van der Waals surface area contributed by atoms with Crippen LogP contribution in [-0.4, -0.2) is 28.3 Å². The van der Waals surface area contributed by atoms with Gasteiger partial charge in [0.1, 0.15) is 0 Å². The fraction of sp³-hybridized carbons (Fsp3) is 0.111. The standard InChI is InChI=1S/C18H12Br2ClNO4S/c1-26-12-6-10(14(19)15(20)16(12)23)7-13-17(24)22(18(25)27-13)8-9-2-4-11(21)5-3-9/h2-7,23H,8H2,1H3/b13-7+. The fourth-order valence-electron chi connectivity index (χ4n) is 2.42. The van der Waals surface area contributed by atoms with Crippen molar-refractivity contribution in [3.8, 4) is 11.5 Å². The van der Waals surface area contributed by atoms with Crippen LogP contribution in [0, 0.1) is 0 Å². The first kappa shape index (κ1) is 20.3. The number of carbonyl (C=O) groups excluding carboxylic acids is 2. The molecule has 1 saturated heterocycles. The maximum absolute atomic E-state index is 12.7. The quantitative estimate of drug-likeness (QED) is 0.502. The van der Waals surface area contributed by atoms with E-state index in [0.717, 1.165) is 17.3 Å². The van der Waals surface area contributed by atoms with E-state index in [2.05, 4.69) is 31.9 Å². The Labute approximate surface area is 181 Å². The number of aromatic hydroxyl groups is 1. The average Bonchev–Trinajstić information content (AvgIpc) is 2.91. The van der Waals surface area contributed by atoms with Crippen LogP contribution in [0.5, 0.6) is 11.5 Å². The molecule has 0 aromatic heterocycles. The van der Waals surface area contributed by atoms with Crippen LogP contribution >= 0.6 is 55.2 Å². The maximum atomic E-state index is 12.7. The van der Waals surface area contributed by atoms with Crippen molar-refractivity contribution in [3.63, 3.8) is 0 Å². The number of hydrogen-bond donors (Lipinski definition) is 1. The molecule has 5 nitrogen and oxygen atoms in total.